The van der Waals surface area contributed by atoms with E-state index in [4.69, 9.17) is 4.74 Å². The minimum absolute atomic E-state index is 0.666. The van der Waals surface area contributed by atoms with Crippen LogP contribution in [0.1, 0.15) is 5.56 Å². The molecule has 0 bridgehead atoms. The smallest absolute Gasteiger partial charge is 0.181 e. The maximum absolute atomic E-state index is 5.22. The molecule has 7 heteroatoms. The van der Waals surface area contributed by atoms with Gasteiger partial charge < -0.3 is 10.1 Å². The molecule has 4 rings (SSSR count). The Labute approximate surface area is 157 Å². The zero-order valence-corrected chi connectivity index (χ0v) is 15.2. The number of hydrogen-bond acceptors (Lipinski definition) is 5. The Bertz CT molecular complexity index is 1020. The van der Waals surface area contributed by atoms with Gasteiger partial charge in [-0.25, -0.2) is 4.98 Å². The minimum Gasteiger partial charge on any atom is -0.497 e. The van der Waals surface area contributed by atoms with Gasteiger partial charge >= 0.3 is 0 Å². The number of nitrogens with zero attached hydrogens (tertiary/aromatic N) is 4. The van der Waals surface area contributed by atoms with E-state index >= 15 is 0 Å². The average Bonchev–Trinajstić information content (AvgIpc) is 3.36. The van der Waals surface area contributed by atoms with E-state index in [1.165, 1.54) is 0 Å². The normalized spacial score (nSPS) is 10.7. The molecule has 0 amide bonds. The number of hydrogen-bond donors (Lipinski definition) is 2. The Morgan fingerprint density at radius 1 is 1.04 bits per heavy atom. The molecule has 0 fully saturated rings. The summed E-state index contributed by atoms with van der Waals surface area (Å²) in [5.74, 6) is 1.56. The van der Waals surface area contributed by atoms with Gasteiger partial charge in [-0.3, -0.25) is 9.78 Å². The fourth-order valence-electron chi connectivity index (χ4n) is 2.86. The zero-order chi connectivity index (χ0) is 18.6. The average molecular weight is 360 g/mol. The predicted octanol–water partition coefficient (Wildman–Crippen LogP) is 3.49. The van der Waals surface area contributed by atoms with Gasteiger partial charge in [0.25, 0.3) is 0 Å². The molecule has 0 spiro atoms. The minimum atomic E-state index is 0.666. The van der Waals surface area contributed by atoms with Gasteiger partial charge in [0.05, 0.1) is 19.0 Å². The third-order valence-corrected chi connectivity index (χ3v) is 4.32. The first-order valence-electron chi connectivity index (χ1n) is 8.59. The van der Waals surface area contributed by atoms with Crippen molar-refractivity contribution in [3.63, 3.8) is 0 Å². The van der Waals surface area contributed by atoms with Crippen molar-refractivity contribution in [2.24, 2.45) is 7.05 Å². The third-order valence-electron chi connectivity index (χ3n) is 4.32. The Morgan fingerprint density at radius 2 is 1.78 bits per heavy atom. The highest BCUT2D eigenvalue weighted by molar-refractivity contribution is 5.64. The molecule has 2 aromatic carbocycles. The lowest BCUT2D eigenvalue weighted by atomic mass is 10.1. The van der Waals surface area contributed by atoms with Gasteiger partial charge in [-0.2, -0.15) is 10.2 Å². The van der Waals surface area contributed by atoms with E-state index in [0.29, 0.717) is 6.54 Å². The molecule has 0 unspecified atom stereocenters. The van der Waals surface area contributed by atoms with Crippen molar-refractivity contribution >= 4 is 5.69 Å². The number of nitrogens with one attached hydrogen (secondary N) is 2. The highest BCUT2D eigenvalue weighted by Gasteiger charge is 2.08. The lowest BCUT2D eigenvalue weighted by Gasteiger charge is -2.08. The summed E-state index contributed by atoms with van der Waals surface area (Å²) in [5, 5.41) is 15.0. The highest BCUT2D eigenvalue weighted by atomic mass is 16.5. The van der Waals surface area contributed by atoms with E-state index in [9.17, 15) is 0 Å². The third kappa shape index (κ3) is 3.67. The summed E-state index contributed by atoms with van der Waals surface area (Å²) in [6.45, 7) is 0.666. The number of anilines is 1. The Morgan fingerprint density at radius 3 is 2.44 bits per heavy atom. The summed E-state index contributed by atoms with van der Waals surface area (Å²) >= 11 is 0. The molecule has 0 saturated carbocycles. The fraction of sp³-hybridized carbons (Fsp3) is 0.150. The van der Waals surface area contributed by atoms with E-state index < -0.39 is 0 Å². The van der Waals surface area contributed by atoms with Crippen molar-refractivity contribution < 1.29 is 4.74 Å². The van der Waals surface area contributed by atoms with Crippen LogP contribution in [0.15, 0.2) is 61.1 Å². The van der Waals surface area contributed by atoms with Crippen molar-refractivity contribution in [3.05, 3.63) is 66.6 Å². The van der Waals surface area contributed by atoms with Gasteiger partial charge in [0.1, 0.15) is 12.1 Å². The van der Waals surface area contributed by atoms with Gasteiger partial charge in [0.2, 0.25) is 0 Å². The van der Waals surface area contributed by atoms with Crippen LogP contribution in [0.3, 0.4) is 0 Å². The molecule has 0 radical (unpaired) electrons. The number of H-pyrrole nitrogens is 1. The van der Waals surface area contributed by atoms with Crippen molar-refractivity contribution in [1.82, 2.24) is 25.0 Å². The van der Waals surface area contributed by atoms with Crippen LogP contribution in [0.25, 0.3) is 22.6 Å². The van der Waals surface area contributed by atoms with Crippen molar-refractivity contribution in [2.45, 2.75) is 6.54 Å². The van der Waals surface area contributed by atoms with E-state index in [-0.39, 0.29) is 0 Å². The van der Waals surface area contributed by atoms with Gasteiger partial charge in [0.15, 0.2) is 5.82 Å². The summed E-state index contributed by atoms with van der Waals surface area (Å²) in [6, 6.07) is 16.0. The second kappa shape index (κ2) is 7.33. The maximum Gasteiger partial charge on any atom is 0.181 e. The summed E-state index contributed by atoms with van der Waals surface area (Å²) < 4.78 is 6.91. The highest BCUT2D eigenvalue weighted by Crippen LogP contribution is 2.25. The molecule has 2 N–H and O–H groups in total. The summed E-state index contributed by atoms with van der Waals surface area (Å²) in [5.41, 5.74) is 5.18. The lowest BCUT2D eigenvalue weighted by molar-refractivity contribution is 0.415. The van der Waals surface area contributed by atoms with Gasteiger partial charge in [-0.15, -0.1) is 0 Å². The molecule has 2 heterocycles. The fourth-order valence-corrected chi connectivity index (χ4v) is 2.86. The van der Waals surface area contributed by atoms with Gasteiger partial charge in [-0.05, 0) is 48.5 Å². The van der Waals surface area contributed by atoms with Crippen LogP contribution >= 0.6 is 0 Å². The number of rotatable bonds is 6. The summed E-state index contributed by atoms with van der Waals surface area (Å²) in [6.07, 6.45) is 3.54. The van der Waals surface area contributed by atoms with Crippen LogP contribution < -0.4 is 10.1 Å². The quantitative estimate of drug-likeness (QED) is 0.550. The van der Waals surface area contributed by atoms with Gasteiger partial charge in [0, 0.05) is 36.0 Å². The first-order valence-corrected chi connectivity index (χ1v) is 8.59. The Hall–Kier alpha value is -3.61. The molecule has 0 aliphatic rings. The van der Waals surface area contributed by atoms with Crippen LogP contribution in [0, 0.1) is 0 Å². The zero-order valence-electron chi connectivity index (χ0n) is 15.2. The summed E-state index contributed by atoms with van der Waals surface area (Å²) in [4.78, 5) is 4.27. The number of aromatic nitrogens is 5. The molecule has 7 nitrogen and oxygen atoms in total. The second-order valence-corrected chi connectivity index (χ2v) is 6.17. The van der Waals surface area contributed by atoms with Crippen molar-refractivity contribution in [1.29, 1.82) is 0 Å². The van der Waals surface area contributed by atoms with E-state index in [2.05, 4.69) is 25.6 Å². The van der Waals surface area contributed by atoms with E-state index in [1.807, 2.05) is 61.8 Å². The van der Waals surface area contributed by atoms with Gasteiger partial charge in [-0.1, -0.05) is 0 Å². The second-order valence-electron chi connectivity index (χ2n) is 6.17. The molecule has 136 valence electrons. The molecule has 0 aliphatic heterocycles. The molecule has 0 aliphatic carbocycles. The number of methoxy groups -OCH3 is 1. The van der Waals surface area contributed by atoms with Crippen molar-refractivity contribution in [2.75, 3.05) is 12.4 Å². The predicted molar refractivity (Wildman–Crippen MR) is 104 cm³/mol. The number of ether oxygens (including phenoxy) is 1. The van der Waals surface area contributed by atoms with Crippen molar-refractivity contribution in [3.8, 4) is 28.4 Å². The molecule has 2 aromatic heterocycles. The molecule has 4 aromatic rings. The lowest BCUT2D eigenvalue weighted by Crippen LogP contribution is -2.00. The first kappa shape index (κ1) is 16.8. The monoisotopic (exact) mass is 360 g/mol. The topological polar surface area (TPSA) is 80.6 Å². The first-order chi connectivity index (χ1) is 13.2. The van der Waals surface area contributed by atoms with Crippen LogP contribution in [0.2, 0.25) is 0 Å². The molecule has 27 heavy (non-hydrogen) atoms. The Kier molecular flexibility index (Phi) is 4.57. The van der Waals surface area contributed by atoms with Crippen LogP contribution in [0.4, 0.5) is 5.69 Å². The molecule has 0 saturated heterocycles. The SMILES string of the molecule is COc1ccc(-c2[nH]ncc2CNc2ccc(-c3ncn(C)n3)cc2)cc1. The standard InChI is InChI=1S/C20H20N6O/c1-26-13-22-20(25-26)15-3-7-17(8-4-15)21-11-16-12-23-24-19(16)14-5-9-18(27-2)10-6-14/h3-10,12-13,21H,11H2,1-2H3,(H,23,24). The van der Waals surface area contributed by atoms with E-state index in [0.717, 1.165) is 39.6 Å². The van der Waals surface area contributed by atoms with Crippen LogP contribution in [0.5, 0.6) is 5.75 Å². The summed E-state index contributed by atoms with van der Waals surface area (Å²) in [7, 11) is 3.52. The number of aromatic amines is 1. The maximum atomic E-state index is 5.22. The van der Waals surface area contributed by atoms with Crippen LogP contribution in [-0.2, 0) is 13.6 Å². The van der Waals surface area contributed by atoms with E-state index in [1.54, 1.807) is 18.1 Å². The Balaban J connectivity index is 1.45. The molecule has 0 atom stereocenters. The van der Waals surface area contributed by atoms with Crippen LogP contribution in [-0.4, -0.2) is 32.1 Å². The number of benzene rings is 2. The number of aryl methyl sites for hydroxylation is 1. The largest absolute Gasteiger partial charge is 0.497 e. The molecular weight excluding hydrogens is 340 g/mol. The molecular formula is C20H20N6O.